The second kappa shape index (κ2) is 5.88. The molecule has 0 saturated heterocycles. The first kappa shape index (κ1) is 11.3. The molecular formula is C9H10ClNO2S. The largest absolute Gasteiger partial charge is 0.468 e. The topological polar surface area (TPSA) is 39.2 Å². The van der Waals surface area contributed by atoms with Gasteiger partial charge in [-0.1, -0.05) is 11.6 Å². The van der Waals surface area contributed by atoms with Crippen LogP contribution in [-0.4, -0.2) is 23.8 Å². The van der Waals surface area contributed by atoms with Gasteiger partial charge in [-0.25, -0.2) is 4.98 Å². The number of thioether (sulfide) groups is 1. The highest BCUT2D eigenvalue weighted by Gasteiger charge is 2.01. The van der Waals surface area contributed by atoms with Crippen molar-refractivity contribution in [2.75, 3.05) is 12.9 Å². The summed E-state index contributed by atoms with van der Waals surface area (Å²) in [5.41, 5.74) is 1.05. The molecule has 1 aromatic heterocycles. The van der Waals surface area contributed by atoms with Gasteiger partial charge >= 0.3 is 5.97 Å². The molecule has 0 fully saturated rings. The number of rotatable bonds is 4. The molecule has 0 bridgehead atoms. The molecule has 5 heteroatoms. The number of halogens is 1. The van der Waals surface area contributed by atoms with Crippen LogP contribution >= 0.6 is 23.4 Å². The molecule has 0 spiro atoms. The van der Waals surface area contributed by atoms with Gasteiger partial charge in [0.2, 0.25) is 0 Å². The number of methoxy groups -OCH3 is 1. The molecule has 0 amide bonds. The lowest BCUT2D eigenvalue weighted by Crippen LogP contribution is -2.03. The van der Waals surface area contributed by atoms with Crippen LogP contribution in [0.5, 0.6) is 0 Å². The van der Waals surface area contributed by atoms with Crippen LogP contribution in [0.4, 0.5) is 0 Å². The van der Waals surface area contributed by atoms with Gasteiger partial charge in [0.25, 0.3) is 0 Å². The van der Waals surface area contributed by atoms with Gasteiger partial charge < -0.3 is 4.74 Å². The first-order valence-corrected chi connectivity index (χ1v) is 5.50. The number of esters is 1. The van der Waals surface area contributed by atoms with Crippen molar-refractivity contribution in [1.29, 1.82) is 0 Å². The van der Waals surface area contributed by atoms with Gasteiger partial charge in [0.15, 0.2) is 0 Å². The maximum atomic E-state index is 10.8. The smallest absolute Gasteiger partial charge is 0.315 e. The van der Waals surface area contributed by atoms with Crippen molar-refractivity contribution in [2.24, 2.45) is 0 Å². The van der Waals surface area contributed by atoms with Crippen LogP contribution < -0.4 is 0 Å². The van der Waals surface area contributed by atoms with E-state index >= 15 is 0 Å². The fourth-order valence-electron chi connectivity index (χ4n) is 0.843. The van der Waals surface area contributed by atoms with Crippen molar-refractivity contribution in [3.05, 3.63) is 29.0 Å². The Bertz CT molecular complexity index is 319. The summed E-state index contributed by atoms with van der Waals surface area (Å²) in [7, 11) is 1.38. The Balaban J connectivity index is 2.35. The normalized spacial score (nSPS) is 9.86. The summed E-state index contributed by atoms with van der Waals surface area (Å²) in [6.07, 6.45) is 1.65. The third-order valence-electron chi connectivity index (χ3n) is 1.51. The Kier molecular flexibility index (Phi) is 4.76. The number of ether oxygens (including phenoxy) is 1. The molecule has 14 heavy (non-hydrogen) atoms. The zero-order chi connectivity index (χ0) is 10.4. The second-order valence-electron chi connectivity index (χ2n) is 2.56. The van der Waals surface area contributed by atoms with Crippen molar-refractivity contribution in [2.45, 2.75) is 5.75 Å². The summed E-state index contributed by atoms with van der Waals surface area (Å²) in [6, 6.07) is 3.65. The fraction of sp³-hybridized carbons (Fsp3) is 0.333. The lowest BCUT2D eigenvalue weighted by atomic mass is 10.3. The quantitative estimate of drug-likeness (QED) is 0.588. The molecule has 0 saturated carbocycles. The van der Waals surface area contributed by atoms with Gasteiger partial charge in [-0.3, -0.25) is 4.79 Å². The van der Waals surface area contributed by atoms with E-state index in [4.69, 9.17) is 11.6 Å². The summed E-state index contributed by atoms with van der Waals surface area (Å²) in [4.78, 5) is 14.7. The first-order chi connectivity index (χ1) is 6.72. The third kappa shape index (κ3) is 3.98. The zero-order valence-electron chi connectivity index (χ0n) is 7.70. The third-order valence-corrected chi connectivity index (χ3v) is 2.69. The highest BCUT2D eigenvalue weighted by molar-refractivity contribution is 7.99. The lowest BCUT2D eigenvalue weighted by molar-refractivity contribution is -0.137. The van der Waals surface area contributed by atoms with Crippen molar-refractivity contribution in [1.82, 2.24) is 4.98 Å². The van der Waals surface area contributed by atoms with Crippen LogP contribution in [0.15, 0.2) is 18.3 Å². The number of hydrogen-bond donors (Lipinski definition) is 0. The Morgan fingerprint density at radius 2 is 2.50 bits per heavy atom. The number of carbonyl (C=O) groups excluding carboxylic acids is 1. The predicted octanol–water partition coefficient (Wildman–Crippen LogP) is 2.14. The van der Waals surface area contributed by atoms with Crippen LogP contribution in [-0.2, 0) is 15.3 Å². The molecular weight excluding hydrogens is 222 g/mol. The second-order valence-corrected chi connectivity index (χ2v) is 3.93. The van der Waals surface area contributed by atoms with E-state index in [1.165, 1.54) is 18.9 Å². The molecule has 3 nitrogen and oxygen atoms in total. The van der Waals surface area contributed by atoms with Crippen LogP contribution in [0.3, 0.4) is 0 Å². The summed E-state index contributed by atoms with van der Waals surface area (Å²) >= 11 is 7.19. The van der Waals surface area contributed by atoms with E-state index in [9.17, 15) is 4.79 Å². The summed E-state index contributed by atoms with van der Waals surface area (Å²) in [6.45, 7) is 0. The van der Waals surface area contributed by atoms with E-state index in [-0.39, 0.29) is 5.97 Å². The van der Waals surface area contributed by atoms with Gasteiger partial charge in [0, 0.05) is 11.9 Å². The van der Waals surface area contributed by atoms with E-state index in [1.54, 1.807) is 12.3 Å². The Morgan fingerprint density at radius 3 is 3.14 bits per heavy atom. The molecule has 1 aromatic rings. The van der Waals surface area contributed by atoms with E-state index in [1.807, 2.05) is 6.07 Å². The fourth-order valence-corrected chi connectivity index (χ4v) is 1.84. The molecule has 0 N–H and O–H groups in total. The average Bonchev–Trinajstić information content (AvgIpc) is 2.17. The SMILES string of the molecule is COC(=O)CSCc1ccnc(Cl)c1. The van der Waals surface area contributed by atoms with Crippen LogP contribution in [0.1, 0.15) is 5.56 Å². The molecule has 0 atom stereocenters. The minimum atomic E-state index is -0.213. The maximum absolute atomic E-state index is 10.8. The molecule has 1 rings (SSSR count). The molecule has 76 valence electrons. The number of nitrogens with zero attached hydrogens (tertiary/aromatic N) is 1. The van der Waals surface area contributed by atoms with Crippen molar-refractivity contribution in [3.63, 3.8) is 0 Å². The Labute approximate surface area is 91.8 Å². The van der Waals surface area contributed by atoms with Crippen LogP contribution in [0, 0.1) is 0 Å². The summed E-state index contributed by atoms with van der Waals surface area (Å²) < 4.78 is 4.51. The molecule has 0 radical (unpaired) electrons. The van der Waals surface area contributed by atoms with Crippen molar-refractivity contribution >= 4 is 29.3 Å². The molecule has 0 unspecified atom stereocenters. The monoisotopic (exact) mass is 231 g/mol. The van der Waals surface area contributed by atoms with Crippen molar-refractivity contribution in [3.8, 4) is 0 Å². The predicted molar refractivity (Wildman–Crippen MR) is 57.4 cm³/mol. The highest BCUT2D eigenvalue weighted by Crippen LogP contribution is 2.14. The molecule has 1 heterocycles. The molecule has 0 aliphatic heterocycles. The van der Waals surface area contributed by atoms with E-state index in [2.05, 4.69) is 9.72 Å². The molecule has 0 aliphatic carbocycles. The number of aromatic nitrogens is 1. The van der Waals surface area contributed by atoms with Crippen molar-refractivity contribution < 1.29 is 9.53 Å². The minimum Gasteiger partial charge on any atom is -0.468 e. The summed E-state index contributed by atoms with van der Waals surface area (Å²) in [5.74, 6) is 0.878. The Hall–Kier alpha value is -0.740. The maximum Gasteiger partial charge on any atom is 0.315 e. The van der Waals surface area contributed by atoms with Gasteiger partial charge in [-0.15, -0.1) is 11.8 Å². The first-order valence-electron chi connectivity index (χ1n) is 3.97. The van der Waals surface area contributed by atoms with Gasteiger partial charge in [-0.2, -0.15) is 0 Å². The van der Waals surface area contributed by atoms with E-state index in [0.717, 1.165) is 11.3 Å². The van der Waals surface area contributed by atoms with Gasteiger partial charge in [-0.05, 0) is 17.7 Å². The van der Waals surface area contributed by atoms with Crippen LogP contribution in [0.2, 0.25) is 5.15 Å². The lowest BCUT2D eigenvalue weighted by Gasteiger charge is -2.00. The van der Waals surface area contributed by atoms with Gasteiger partial charge in [0.1, 0.15) is 5.15 Å². The molecule has 0 aliphatic rings. The molecule has 0 aromatic carbocycles. The highest BCUT2D eigenvalue weighted by atomic mass is 35.5. The standard InChI is InChI=1S/C9H10ClNO2S/c1-13-9(12)6-14-5-7-2-3-11-8(10)4-7/h2-4H,5-6H2,1H3. The zero-order valence-corrected chi connectivity index (χ0v) is 9.27. The Morgan fingerprint density at radius 1 is 1.71 bits per heavy atom. The average molecular weight is 232 g/mol. The van der Waals surface area contributed by atoms with Gasteiger partial charge in [0.05, 0.1) is 12.9 Å². The minimum absolute atomic E-state index is 0.213. The van der Waals surface area contributed by atoms with E-state index < -0.39 is 0 Å². The number of carbonyl (C=O) groups is 1. The number of hydrogen-bond acceptors (Lipinski definition) is 4. The number of pyridine rings is 1. The van der Waals surface area contributed by atoms with Crippen LogP contribution in [0.25, 0.3) is 0 Å². The van der Waals surface area contributed by atoms with E-state index in [0.29, 0.717) is 10.9 Å². The summed E-state index contributed by atoms with van der Waals surface area (Å²) in [5, 5.41) is 0.473.